The van der Waals surface area contributed by atoms with Crippen LogP contribution < -0.4 is 35.6 Å². The predicted octanol–water partition coefficient (Wildman–Crippen LogP) is 5.67. The lowest BCUT2D eigenvalue weighted by Gasteiger charge is -2.63. The van der Waals surface area contributed by atoms with E-state index in [-0.39, 0.29) is 59.0 Å². The van der Waals surface area contributed by atoms with Crippen LogP contribution in [0.5, 0.6) is 17.2 Å². The lowest BCUT2D eigenvalue weighted by molar-refractivity contribution is -0.174. The fourth-order valence-corrected chi connectivity index (χ4v) is 11.8. The second kappa shape index (κ2) is 17.0. The number of nitriles is 1. The maximum atomic E-state index is 13.6. The number of hydrogen-bond donors (Lipinski definition) is 5. The van der Waals surface area contributed by atoms with Gasteiger partial charge in [0.05, 0.1) is 34.4 Å². The van der Waals surface area contributed by atoms with E-state index in [4.69, 9.17) is 21.1 Å². The van der Waals surface area contributed by atoms with E-state index in [9.17, 15) is 20.0 Å². The number of carbonyl (C=O) groups excluding carboxylic acids is 2. The minimum atomic E-state index is -1.02. The molecule has 4 unspecified atom stereocenters. The van der Waals surface area contributed by atoms with Crippen LogP contribution in [-0.4, -0.2) is 110 Å². The minimum Gasteiger partial charge on any atom is -0.489 e. The van der Waals surface area contributed by atoms with Crippen LogP contribution in [-0.2, 0) is 15.2 Å². The zero-order valence-corrected chi connectivity index (χ0v) is 38.8. The Bertz CT molecular complexity index is 2320. The molecule has 2 amide bonds. The van der Waals surface area contributed by atoms with Crippen molar-refractivity contribution in [1.29, 1.82) is 5.26 Å². The summed E-state index contributed by atoms with van der Waals surface area (Å²) >= 11 is 6.27. The number of hydrogen-bond acceptors (Lipinski definition) is 11. The Labute approximate surface area is 382 Å². The third-order valence-electron chi connectivity index (χ3n) is 14.9. The third-order valence-corrected chi connectivity index (χ3v) is 15.2. The summed E-state index contributed by atoms with van der Waals surface area (Å²) in [5.41, 5.74) is 2.68. The van der Waals surface area contributed by atoms with Crippen LogP contribution in [0.2, 0.25) is 5.02 Å². The molecular formula is C50H63ClN8O5. The van der Waals surface area contributed by atoms with E-state index in [1.807, 2.05) is 36.5 Å². The molecule has 3 aromatic rings. The summed E-state index contributed by atoms with van der Waals surface area (Å²) in [6.07, 6.45) is 4.07. The molecule has 64 heavy (non-hydrogen) atoms. The van der Waals surface area contributed by atoms with E-state index < -0.39 is 5.60 Å². The largest absolute Gasteiger partial charge is 0.489 e. The normalized spacial score (nSPS) is 27.9. The highest BCUT2D eigenvalue weighted by Gasteiger charge is 2.64. The molecule has 340 valence electrons. The Morgan fingerprint density at radius 1 is 0.953 bits per heavy atom. The van der Waals surface area contributed by atoms with Crippen molar-refractivity contribution in [3.63, 3.8) is 0 Å². The van der Waals surface area contributed by atoms with Crippen molar-refractivity contribution in [3.8, 4) is 23.3 Å². The maximum absolute atomic E-state index is 13.6. The zero-order valence-electron chi connectivity index (χ0n) is 38.1. The number of rotatable bonds is 12. The van der Waals surface area contributed by atoms with Crippen LogP contribution in [0.15, 0.2) is 66.9 Å². The summed E-state index contributed by atoms with van der Waals surface area (Å²) in [7, 11) is 1.80. The monoisotopic (exact) mass is 890 g/mol. The van der Waals surface area contributed by atoms with Gasteiger partial charge in [-0.3, -0.25) is 19.8 Å². The van der Waals surface area contributed by atoms with Crippen LogP contribution in [0.3, 0.4) is 0 Å². The molecule has 0 bridgehead atoms. The van der Waals surface area contributed by atoms with Crippen molar-refractivity contribution in [2.24, 2.45) is 28.6 Å². The summed E-state index contributed by atoms with van der Waals surface area (Å²) in [5.74, 6) is 3.53. The molecule has 1 saturated carbocycles. The number of likely N-dealkylation sites (N-methyl/N-ethyl adjacent to an activating group) is 1. The van der Waals surface area contributed by atoms with Crippen molar-refractivity contribution in [2.75, 3.05) is 57.8 Å². The first kappa shape index (κ1) is 44.5. The van der Waals surface area contributed by atoms with Gasteiger partial charge in [-0.2, -0.15) is 5.26 Å². The van der Waals surface area contributed by atoms with Crippen molar-refractivity contribution in [2.45, 2.75) is 90.4 Å². The molecule has 14 heteroatoms. The van der Waals surface area contributed by atoms with Crippen LogP contribution in [0.25, 0.3) is 5.57 Å². The molecule has 0 radical (unpaired) electrons. The van der Waals surface area contributed by atoms with E-state index in [1.165, 1.54) is 12.1 Å². The number of carbonyl (C=O) groups is 2. The molecule has 9 rings (SSSR count). The van der Waals surface area contributed by atoms with E-state index in [2.05, 4.69) is 77.0 Å². The van der Waals surface area contributed by atoms with Gasteiger partial charge in [0.2, 0.25) is 11.8 Å². The molecule has 5 heterocycles. The number of nitrogens with one attached hydrogen (secondary N) is 4. The molecule has 6 aliphatic rings. The maximum Gasteiger partial charge on any atom is 0.244 e. The van der Waals surface area contributed by atoms with Gasteiger partial charge in [0.25, 0.3) is 0 Å². The van der Waals surface area contributed by atoms with Crippen LogP contribution in [0.4, 0.5) is 5.69 Å². The van der Waals surface area contributed by atoms with Gasteiger partial charge in [-0.1, -0.05) is 45.4 Å². The second-order valence-corrected chi connectivity index (χ2v) is 21.2. The molecule has 4 saturated heterocycles. The number of anilines is 1. The van der Waals surface area contributed by atoms with Gasteiger partial charge < -0.3 is 40.3 Å². The highest BCUT2D eigenvalue weighted by molar-refractivity contribution is 6.31. The summed E-state index contributed by atoms with van der Waals surface area (Å²) < 4.78 is 13.0. The molecule has 5 fully saturated rings. The summed E-state index contributed by atoms with van der Waals surface area (Å²) in [4.78, 5) is 33.1. The van der Waals surface area contributed by atoms with Crippen molar-refractivity contribution >= 4 is 34.7 Å². The van der Waals surface area contributed by atoms with Crippen molar-refractivity contribution in [1.82, 2.24) is 31.1 Å². The first-order chi connectivity index (χ1) is 30.4. The number of aliphatic hydroxyl groups is 1. The Hall–Kier alpha value is -4.68. The summed E-state index contributed by atoms with van der Waals surface area (Å²) in [6.45, 7) is 18.3. The van der Waals surface area contributed by atoms with E-state index in [0.717, 1.165) is 61.6 Å². The Morgan fingerprint density at radius 2 is 1.66 bits per heavy atom. The number of fused-ring (bicyclic) bond motifs is 1. The fraction of sp³-hybridized carbons (Fsp3) is 0.540. The second-order valence-electron chi connectivity index (χ2n) is 20.8. The van der Waals surface area contributed by atoms with Crippen molar-refractivity contribution in [3.05, 3.63) is 88.6 Å². The number of benzene rings is 3. The van der Waals surface area contributed by atoms with E-state index in [0.29, 0.717) is 47.0 Å². The Balaban J connectivity index is 0.715. The first-order valence-electron chi connectivity index (χ1n) is 22.9. The number of halogens is 1. The molecule has 4 atom stereocenters. The lowest BCUT2D eigenvalue weighted by atomic mass is 9.49. The smallest absolute Gasteiger partial charge is 0.244 e. The number of likely N-dealkylation sites (tertiary alicyclic amines) is 1. The summed E-state index contributed by atoms with van der Waals surface area (Å²) in [6, 6.07) is 20.8. The average Bonchev–Trinajstić information content (AvgIpc) is 3.73. The number of piperazine rings is 1. The van der Waals surface area contributed by atoms with Crippen LogP contribution in [0.1, 0.15) is 71.1 Å². The number of amides is 2. The molecule has 1 aliphatic carbocycles. The lowest BCUT2D eigenvalue weighted by Crippen LogP contribution is -2.76. The SMILES string of the molecule is CN1C=C(c2cc(C(C)(C)O)ccc2Oc2ccc(N3CC(CC4CN(C5CNC(C(=O)NC6C(C)(C)C(Oc7ccc(C#N)c(Cl)c7)C6(C)C)CN5)C4)C3)cc2)C2CCNC2C1=O. The average molecular weight is 892 g/mol. The van der Waals surface area contributed by atoms with Gasteiger partial charge in [0.1, 0.15) is 29.4 Å². The van der Waals surface area contributed by atoms with Gasteiger partial charge in [-0.25, -0.2) is 0 Å². The number of ether oxygens (including phenoxy) is 2. The van der Waals surface area contributed by atoms with Gasteiger partial charge in [0, 0.05) is 92.6 Å². The molecule has 3 aromatic carbocycles. The minimum absolute atomic E-state index is 0.00205. The number of nitrogens with zero attached hydrogens (tertiary/aromatic N) is 4. The standard InChI is InChI=1S/C50H63ClN8O5/c1-48(2)46(49(3,4)47(48)64-35-12-8-31(21-52)39(51)20-35)56-44(60)40-22-55-42(23-54-40)59-26-30(27-59)18-29-24-58(25-29)33-10-13-34(14-11-33)63-41-15-9-32(50(5,6)62)19-37(41)38-28-57(7)45(61)43-36(38)16-17-53-43/h8-15,19-20,28-30,36,40,42-43,46-47,53-55,62H,16-18,22-27H2,1-7H3,(H,56,60). The van der Waals surface area contributed by atoms with E-state index >= 15 is 0 Å². The molecule has 5 aliphatic heterocycles. The van der Waals surface area contributed by atoms with E-state index in [1.54, 1.807) is 44.0 Å². The van der Waals surface area contributed by atoms with Gasteiger partial charge in [-0.15, -0.1) is 0 Å². The molecule has 13 nitrogen and oxygen atoms in total. The molecule has 5 N–H and O–H groups in total. The highest BCUT2D eigenvalue weighted by Crippen LogP contribution is 2.55. The Morgan fingerprint density at radius 3 is 2.31 bits per heavy atom. The first-order valence-corrected chi connectivity index (χ1v) is 23.3. The molecule has 0 spiro atoms. The molecule has 0 aromatic heterocycles. The van der Waals surface area contributed by atoms with Gasteiger partial charge in [0.15, 0.2) is 0 Å². The van der Waals surface area contributed by atoms with Crippen LogP contribution in [0, 0.1) is 39.9 Å². The van der Waals surface area contributed by atoms with Crippen molar-refractivity contribution < 1.29 is 24.2 Å². The third kappa shape index (κ3) is 8.38. The van der Waals surface area contributed by atoms with Gasteiger partial charge in [-0.05, 0) is 105 Å². The summed E-state index contributed by atoms with van der Waals surface area (Å²) in [5, 5.41) is 34.4. The Kier molecular flexibility index (Phi) is 11.8. The zero-order chi connectivity index (χ0) is 45.3. The molecular weight excluding hydrogens is 828 g/mol. The highest BCUT2D eigenvalue weighted by atomic mass is 35.5. The quantitative estimate of drug-likeness (QED) is 0.153. The van der Waals surface area contributed by atoms with Gasteiger partial charge >= 0.3 is 0 Å². The topological polar surface area (TPSA) is 154 Å². The van der Waals surface area contributed by atoms with Crippen LogP contribution >= 0.6 is 11.6 Å². The fourth-order valence-electron chi connectivity index (χ4n) is 11.6. The predicted molar refractivity (Wildman–Crippen MR) is 248 cm³/mol.